The van der Waals surface area contributed by atoms with Crippen LogP contribution in [-0.2, 0) is 0 Å². The summed E-state index contributed by atoms with van der Waals surface area (Å²) in [6.45, 7) is 5.94. The minimum absolute atomic E-state index is 0.227. The molecule has 162 valence electrons. The van der Waals surface area contributed by atoms with Crippen LogP contribution in [0.2, 0.25) is 0 Å². The van der Waals surface area contributed by atoms with Gasteiger partial charge in [0.1, 0.15) is 6.23 Å². The van der Waals surface area contributed by atoms with E-state index in [1.54, 1.807) is 6.92 Å². The highest BCUT2D eigenvalue weighted by Crippen LogP contribution is 2.13. The lowest BCUT2D eigenvalue weighted by molar-refractivity contribution is 0.0684. The van der Waals surface area contributed by atoms with Gasteiger partial charge in [-0.1, -0.05) is 90.9 Å². The monoisotopic (exact) mass is 384 g/mol. The van der Waals surface area contributed by atoms with E-state index in [1.165, 1.54) is 77.0 Å². The van der Waals surface area contributed by atoms with Gasteiger partial charge in [-0.05, 0) is 26.2 Å². The maximum absolute atomic E-state index is 10.1. The third-order valence-electron chi connectivity index (χ3n) is 5.46. The van der Waals surface area contributed by atoms with E-state index < -0.39 is 12.3 Å². The number of aliphatic hydroxyl groups excluding tert-OH is 2. The highest BCUT2D eigenvalue weighted by Gasteiger charge is 2.19. The van der Waals surface area contributed by atoms with Crippen LogP contribution in [-0.4, -0.2) is 34.3 Å². The van der Waals surface area contributed by atoms with E-state index >= 15 is 0 Å². The van der Waals surface area contributed by atoms with Gasteiger partial charge in [-0.2, -0.15) is 0 Å². The highest BCUT2D eigenvalue weighted by atomic mass is 16.3. The van der Waals surface area contributed by atoms with Crippen LogP contribution in [0.5, 0.6) is 0 Å². The smallest absolute Gasteiger partial charge is 0.105 e. The first kappa shape index (κ1) is 26.6. The molecule has 0 bridgehead atoms. The van der Waals surface area contributed by atoms with Crippen LogP contribution in [0.3, 0.4) is 0 Å². The average Bonchev–Trinajstić information content (AvgIpc) is 2.64. The Kier molecular flexibility index (Phi) is 18.6. The van der Waals surface area contributed by atoms with Crippen molar-refractivity contribution in [3.05, 3.63) is 0 Å². The molecule has 0 fully saturated rings. The largest absolute Gasteiger partial charge is 0.392 e. The van der Waals surface area contributed by atoms with Gasteiger partial charge in [0.05, 0.1) is 6.10 Å². The molecule has 4 heteroatoms. The van der Waals surface area contributed by atoms with E-state index in [4.69, 9.17) is 5.41 Å². The van der Waals surface area contributed by atoms with Crippen LogP contribution >= 0.6 is 0 Å². The Labute approximate surface area is 169 Å². The maximum atomic E-state index is 10.1. The third kappa shape index (κ3) is 17.4. The molecule has 0 saturated heterocycles. The maximum Gasteiger partial charge on any atom is 0.105 e. The first-order valence-corrected chi connectivity index (χ1v) is 11.7. The molecule has 0 saturated carbocycles. The second-order valence-corrected chi connectivity index (χ2v) is 8.22. The molecular weight excluding hydrogens is 336 g/mol. The van der Waals surface area contributed by atoms with E-state index in [-0.39, 0.29) is 6.04 Å². The SMILES string of the molecule is CCCCCCCCCCCCCCCC(O)NC(CC(=N)CC)C(C)O. The van der Waals surface area contributed by atoms with Crippen LogP contribution in [0.15, 0.2) is 0 Å². The lowest BCUT2D eigenvalue weighted by atomic mass is 10.0. The van der Waals surface area contributed by atoms with Crippen molar-refractivity contribution in [1.82, 2.24) is 5.32 Å². The van der Waals surface area contributed by atoms with Crippen molar-refractivity contribution < 1.29 is 10.2 Å². The molecule has 0 aromatic carbocycles. The molecule has 4 nitrogen and oxygen atoms in total. The molecule has 0 heterocycles. The normalized spacial score (nSPS) is 14.9. The predicted molar refractivity (Wildman–Crippen MR) is 118 cm³/mol. The summed E-state index contributed by atoms with van der Waals surface area (Å²) in [6.07, 6.45) is 18.0. The summed E-state index contributed by atoms with van der Waals surface area (Å²) < 4.78 is 0. The quantitative estimate of drug-likeness (QED) is 0.119. The Balaban J connectivity index is 3.51. The molecule has 0 aliphatic carbocycles. The van der Waals surface area contributed by atoms with Gasteiger partial charge in [0.15, 0.2) is 0 Å². The summed E-state index contributed by atoms with van der Waals surface area (Å²) in [5.41, 5.74) is 0.613. The van der Waals surface area contributed by atoms with Crippen LogP contribution in [0.25, 0.3) is 0 Å². The molecule has 0 aromatic rings. The zero-order chi connectivity index (χ0) is 20.3. The number of unbranched alkanes of at least 4 members (excludes halogenated alkanes) is 12. The van der Waals surface area contributed by atoms with E-state index in [1.807, 2.05) is 6.92 Å². The van der Waals surface area contributed by atoms with Crippen molar-refractivity contribution in [3.8, 4) is 0 Å². The molecule has 0 amide bonds. The standard InChI is InChI=1S/C23H48N2O2/c1-4-6-7-8-9-10-11-12-13-14-15-16-17-18-23(27)25-22(20(3)26)19-21(24)5-2/h20,22-27H,4-19H2,1-3H3. The summed E-state index contributed by atoms with van der Waals surface area (Å²) in [4.78, 5) is 0. The van der Waals surface area contributed by atoms with Crippen LogP contribution in [0.1, 0.15) is 124 Å². The van der Waals surface area contributed by atoms with Crippen LogP contribution in [0.4, 0.5) is 0 Å². The Morgan fingerprint density at radius 2 is 1.22 bits per heavy atom. The highest BCUT2D eigenvalue weighted by molar-refractivity contribution is 5.81. The zero-order valence-corrected chi connectivity index (χ0v) is 18.4. The Morgan fingerprint density at radius 3 is 1.63 bits per heavy atom. The van der Waals surface area contributed by atoms with Crippen molar-refractivity contribution in [2.75, 3.05) is 0 Å². The third-order valence-corrected chi connectivity index (χ3v) is 5.46. The lowest BCUT2D eigenvalue weighted by Crippen LogP contribution is -2.45. The summed E-state index contributed by atoms with van der Waals surface area (Å²) in [5, 5.41) is 30.8. The molecule has 4 N–H and O–H groups in total. The minimum atomic E-state index is -0.582. The second-order valence-electron chi connectivity index (χ2n) is 8.22. The predicted octanol–water partition coefficient (Wildman–Crippen LogP) is 5.94. The van der Waals surface area contributed by atoms with Gasteiger partial charge in [0.25, 0.3) is 0 Å². The Bertz CT molecular complexity index is 334. The summed E-state index contributed by atoms with van der Waals surface area (Å²) in [5.74, 6) is 0. The minimum Gasteiger partial charge on any atom is -0.392 e. The Morgan fingerprint density at radius 1 is 0.778 bits per heavy atom. The molecule has 0 aliphatic rings. The zero-order valence-electron chi connectivity index (χ0n) is 18.4. The molecule has 3 atom stereocenters. The molecule has 3 unspecified atom stereocenters. The molecule has 0 spiro atoms. The number of nitrogens with one attached hydrogen (secondary N) is 2. The summed E-state index contributed by atoms with van der Waals surface area (Å²) >= 11 is 0. The first-order valence-electron chi connectivity index (χ1n) is 11.7. The molecule has 0 radical (unpaired) electrons. The molecule has 0 rings (SSSR count). The van der Waals surface area contributed by atoms with E-state index in [9.17, 15) is 10.2 Å². The van der Waals surface area contributed by atoms with Gasteiger partial charge >= 0.3 is 0 Å². The first-order chi connectivity index (χ1) is 13.0. The van der Waals surface area contributed by atoms with Crippen LogP contribution < -0.4 is 5.32 Å². The van der Waals surface area contributed by atoms with Gasteiger partial charge in [-0.3, -0.25) is 5.32 Å². The topological polar surface area (TPSA) is 76.3 Å². The fourth-order valence-corrected chi connectivity index (χ4v) is 3.46. The van der Waals surface area contributed by atoms with Gasteiger partial charge in [-0.15, -0.1) is 0 Å². The van der Waals surface area contributed by atoms with Crippen molar-refractivity contribution in [1.29, 1.82) is 5.41 Å². The van der Waals surface area contributed by atoms with E-state index in [0.717, 1.165) is 12.8 Å². The molecule has 0 aromatic heterocycles. The molecule has 27 heavy (non-hydrogen) atoms. The second kappa shape index (κ2) is 18.9. The number of aliphatic hydroxyl groups is 2. The van der Waals surface area contributed by atoms with Gasteiger partial charge in [-0.25, -0.2) is 0 Å². The van der Waals surface area contributed by atoms with Crippen molar-refractivity contribution in [3.63, 3.8) is 0 Å². The van der Waals surface area contributed by atoms with Crippen molar-refractivity contribution >= 4 is 5.71 Å². The van der Waals surface area contributed by atoms with Crippen molar-refractivity contribution in [2.45, 2.75) is 142 Å². The fourth-order valence-electron chi connectivity index (χ4n) is 3.46. The van der Waals surface area contributed by atoms with E-state index in [2.05, 4.69) is 12.2 Å². The molecular formula is C23H48N2O2. The number of hydrogen-bond donors (Lipinski definition) is 4. The average molecular weight is 385 g/mol. The van der Waals surface area contributed by atoms with Gasteiger partial charge < -0.3 is 15.6 Å². The van der Waals surface area contributed by atoms with Crippen molar-refractivity contribution in [2.24, 2.45) is 0 Å². The Hall–Kier alpha value is -0.450. The lowest BCUT2D eigenvalue weighted by Gasteiger charge is -2.25. The van der Waals surface area contributed by atoms with E-state index in [0.29, 0.717) is 18.6 Å². The number of rotatable bonds is 20. The molecule has 0 aliphatic heterocycles. The summed E-state index contributed by atoms with van der Waals surface area (Å²) in [7, 11) is 0. The van der Waals surface area contributed by atoms with Gasteiger partial charge in [0, 0.05) is 18.2 Å². The van der Waals surface area contributed by atoms with Crippen LogP contribution in [0, 0.1) is 5.41 Å². The summed E-state index contributed by atoms with van der Waals surface area (Å²) in [6, 6.07) is -0.227. The number of hydrogen-bond acceptors (Lipinski definition) is 4. The van der Waals surface area contributed by atoms with Gasteiger partial charge in [0.2, 0.25) is 0 Å². The fraction of sp³-hybridized carbons (Fsp3) is 0.957.